The van der Waals surface area contributed by atoms with Crippen LogP contribution in [-0.4, -0.2) is 29.4 Å². The van der Waals surface area contributed by atoms with Crippen molar-refractivity contribution >= 4 is 15.9 Å². The van der Waals surface area contributed by atoms with Crippen molar-refractivity contribution in [3.63, 3.8) is 0 Å². The normalized spacial score (nSPS) is 18.3. The molecule has 10 heavy (non-hydrogen) atoms. The minimum absolute atomic E-state index is 0.948. The van der Waals surface area contributed by atoms with Crippen LogP contribution in [0.1, 0.15) is 26.2 Å². The van der Waals surface area contributed by atoms with Crippen molar-refractivity contribution in [1.29, 1.82) is 0 Å². The summed E-state index contributed by atoms with van der Waals surface area (Å²) >= 11 is 3.45. The van der Waals surface area contributed by atoms with Gasteiger partial charge in [-0.15, -0.1) is 0 Å². The van der Waals surface area contributed by atoms with E-state index < -0.39 is 0 Å². The molecule has 0 spiro atoms. The quantitative estimate of drug-likeness (QED) is 0.623. The van der Waals surface area contributed by atoms with Crippen LogP contribution in [0.3, 0.4) is 0 Å². The summed E-state index contributed by atoms with van der Waals surface area (Å²) in [6.07, 6.45) is 4.18. The second-order valence-corrected chi connectivity index (χ2v) is 3.70. The highest BCUT2D eigenvalue weighted by Gasteiger charge is 2.26. The molecular weight excluding hydrogens is 190 g/mol. The highest BCUT2D eigenvalue weighted by Crippen LogP contribution is 2.26. The summed E-state index contributed by atoms with van der Waals surface area (Å²) in [6, 6.07) is 0.948. The zero-order valence-corrected chi connectivity index (χ0v) is 8.23. The zero-order chi connectivity index (χ0) is 7.40. The molecule has 60 valence electrons. The third-order valence-corrected chi connectivity index (χ3v) is 2.61. The predicted molar refractivity (Wildman–Crippen MR) is 48.7 cm³/mol. The molecule has 0 aromatic carbocycles. The van der Waals surface area contributed by atoms with Crippen LogP contribution in [0.4, 0.5) is 0 Å². The molecule has 2 heteroatoms. The Morgan fingerprint density at radius 3 is 2.60 bits per heavy atom. The molecule has 0 amide bonds. The Morgan fingerprint density at radius 1 is 1.50 bits per heavy atom. The van der Waals surface area contributed by atoms with Crippen LogP contribution in [0, 0.1) is 0 Å². The number of rotatable bonds is 5. The Balaban J connectivity index is 2.07. The van der Waals surface area contributed by atoms with E-state index in [9.17, 15) is 0 Å². The molecule has 1 aliphatic rings. The van der Waals surface area contributed by atoms with Crippen LogP contribution in [0.5, 0.6) is 0 Å². The fraction of sp³-hybridized carbons (Fsp3) is 1.00. The van der Waals surface area contributed by atoms with Gasteiger partial charge in [0.2, 0.25) is 0 Å². The first-order chi connectivity index (χ1) is 4.88. The number of hydrogen-bond donors (Lipinski definition) is 0. The molecule has 0 aromatic heterocycles. The maximum absolute atomic E-state index is 3.45. The lowest BCUT2D eigenvalue weighted by atomic mass is 10.4. The van der Waals surface area contributed by atoms with E-state index in [1.54, 1.807) is 0 Å². The lowest BCUT2D eigenvalue weighted by Gasteiger charge is -2.18. The van der Waals surface area contributed by atoms with Crippen molar-refractivity contribution in [2.45, 2.75) is 32.2 Å². The van der Waals surface area contributed by atoms with Crippen LogP contribution in [0.2, 0.25) is 0 Å². The van der Waals surface area contributed by atoms with Gasteiger partial charge in [0, 0.05) is 11.4 Å². The molecule has 0 unspecified atom stereocenters. The third-order valence-electron chi connectivity index (χ3n) is 2.05. The third kappa shape index (κ3) is 2.59. The van der Waals surface area contributed by atoms with Gasteiger partial charge in [-0.1, -0.05) is 22.9 Å². The molecule has 0 N–H and O–H groups in total. The molecule has 0 radical (unpaired) electrons. The van der Waals surface area contributed by atoms with E-state index in [1.165, 1.54) is 32.4 Å². The van der Waals surface area contributed by atoms with Gasteiger partial charge in [0.25, 0.3) is 0 Å². The van der Waals surface area contributed by atoms with Gasteiger partial charge in [0.15, 0.2) is 0 Å². The van der Waals surface area contributed by atoms with E-state index in [1.807, 2.05) is 0 Å². The largest absolute Gasteiger partial charge is 0.301 e. The highest BCUT2D eigenvalue weighted by atomic mass is 79.9. The van der Waals surface area contributed by atoms with Crippen molar-refractivity contribution in [1.82, 2.24) is 4.90 Å². The summed E-state index contributed by atoms with van der Waals surface area (Å²) in [6.45, 7) is 4.77. The van der Waals surface area contributed by atoms with E-state index >= 15 is 0 Å². The molecule has 1 nitrogen and oxygen atoms in total. The van der Waals surface area contributed by atoms with Gasteiger partial charge in [-0.25, -0.2) is 0 Å². The van der Waals surface area contributed by atoms with Crippen molar-refractivity contribution in [3.8, 4) is 0 Å². The van der Waals surface area contributed by atoms with Crippen LogP contribution >= 0.6 is 15.9 Å². The van der Waals surface area contributed by atoms with Crippen LogP contribution in [0.15, 0.2) is 0 Å². The first kappa shape index (κ1) is 8.54. The van der Waals surface area contributed by atoms with Crippen molar-refractivity contribution in [3.05, 3.63) is 0 Å². The summed E-state index contributed by atoms with van der Waals surface area (Å²) in [5.41, 5.74) is 0. The Hall–Kier alpha value is 0.440. The fourth-order valence-corrected chi connectivity index (χ4v) is 1.55. The van der Waals surface area contributed by atoms with E-state index in [-0.39, 0.29) is 0 Å². The Morgan fingerprint density at radius 2 is 2.20 bits per heavy atom. The monoisotopic (exact) mass is 205 g/mol. The lowest BCUT2D eigenvalue weighted by molar-refractivity contribution is 0.279. The number of nitrogens with zero attached hydrogens (tertiary/aromatic N) is 1. The van der Waals surface area contributed by atoms with Gasteiger partial charge >= 0.3 is 0 Å². The molecule has 1 saturated carbocycles. The van der Waals surface area contributed by atoms with Gasteiger partial charge in [0.1, 0.15) is 0 Å². The number of halogens is 1. The second-order valence-electron chi connectivity index (χ2n) is 2.90. The molecule has 0 aromatic rings. The molecular formula is C8H16BrN. The lowest BCUT2D eigenvalue weighted by Crippen LogP contribution is -2.26. The van der Waals surface area contributed by atoms with Gasteiger partial charge in [-0.3, -0.25) is 0 Å². The molecule has 0 aliphatic heterocycles. The molecule has 0 heterocycles. The van der Waals surface area contributed by atoms with Crippen molar-refractivity contribution < 1.29 is 0 Å². The predicted octanol–water partition coefficient (Wildman–Crippen LogP) is 2.26. The minimum Gasteiger partial charge on any atom is -0.301 e. The Labute approximate surface area is 71.9 Å². The summed E-state index contributed by atoms with van der Waals surface area (Å²) in [5.74, 6) is 0. The van der Waals surface area contributed by atoms with Crippen LogP contribution in [0.25, 0.3) is 0 Å². The minimum atomic E-state index is 0.948. The zero-order valence-electron chi connectivity index (χ0n) is 6.65. The fourth-order valence-electron chi connectivity index (χ4n) is 1.30. The maximum atomic E-state index is 3.45. The first-order valence-corrected chi connectivity index (χ1v) is 5.30. The second kappa shape index (κ2) is 4.35. The van der Waals surface area contributed by atoms with E-state index in [0.29, 0.717) is 0 Å². The summed E-state index contributed by atoms with van der Waals surface area (Å²) < 4.78 is 0. The SMILES string of the molecule is CCN(CCCBr)C1CC1. The van der Waals surface area contributed by atoms with Gasteiger partial charge in [-0.2, -0.15) is 0 Å². The van der Waals surface area contributed by atoms with Gasteiger partial charge in [0.05, 0.1) is 0 Å². The smallest absolute Gasteiger partial charge is 0.00963 e. The van der Waals surface area contributed by atoms with E-state index in [0.717, 1.165) is 11.4 Å². The average molecular weight is 206 g/mol. The van der Waals surface area contributed by atoms with Crippen molar-refractivity contribution in [2.24, 2.45) is 0 Å². The summed E-state index contributed by atoms with van der Waals surface area (Å²) in [7, 11) is 0. The van der Waals surface area contributed by atoms with E-state index in [4.69, 9.17) is 0 Å². The van der Waals surface area contributed by atoms with Crippen LogP contribution < -0.4 is 0 Å². The molecule has 0 atom stereocenters. The Bertz CT molecular complexity index is 91.3. The summed E-state index contributed by atoms with van der Waals surface area (Å²) in [5, 5.41) is 1.15. The standard InChI is InChI=1S/C8H16BrN/c1-2-10(7-3-6-9)8-4-5-8/h8H,2-7H2,1H3. The average Bonchev–Trinajstić information content (AvgIpc) is 2.73. The number of hydrogen-bond acceptors (Lipinski definition) is 1. The molecule has 0 bridgehead atoms. The molecule has 0 saturated heterocycles. The molecule has 1 aliphatic carbocycles. The van der Waals surface area contributed by atoms with Crippen molar-refractivity contribution in [2.75, 3.05) is 18.4 Å². The summed E-state index contributed by atoms with van der Waals surface area (Å²) in [4.78, 5) is 2.58. The first-order valence-electron chi connectivity index (χ1n) is 4.18. The van der Waals surface area contributed by atoms with Gasteiger partial charge < -0.3 is 4.90 Å². The molecule has 1 rings (SSSR count). The number of alkyl halides is 1. The highest BCUT2D eigenvalue weighted by molar-refractivity contribution is 9.09. The van der Waals surface area contributed by atoms with E-state index in [2.05, 4.69) is 27.8 Å². The van der Waals surface area contributed by atoms with Crippen LogP contribution in [-0.2, 0) is 0 Å². The van der Waals surface area contributed by atoms with Gasteiger partial charge in [-0.05, 0) is 32.4 Å². The Kier molecular flexibility index (Phi) is 3.71. The maximum Gasteiger partial charge on any atom is 0.00963 e. The topological polar surface area (TPSA) is 3.24 Å². The molecule has 1 fully saturated rings.